The van der Waals surface area contributed by atoms with Crippen molar-refractivity contribution in [2.45, 2.75) is 26.6 Å². The van der Waals surface area contributed by atoms with Crippen LogP contribution in [0.4, 0.5) is 5.95 Å². The lowest BCUT2D eigenvalue weighted by Crippen LogP contribution is -2.26. The van der Waals surface area contributed by atoms with E-state index in [4.69, 9.17) is 29.3 Å². The van der Waals surface area contributed by atoms with E-state index >= 15 is 0 Å². The van der Waals surface area contributed by atoms with Gasteiger partial charge in [-0.15, -0.1) is 5.10 Å². The molecule has 46 heavy (non-hydrogen) atoms. The van der Waals surface area contributed by atoms with Crippen molar-refractivity contribution < 1.29 is 14.2 Å². The van der Waals surface area contributed by atoms with E-state index in [2.05, 4.69) is 31.9 Å². The van der Waals surface area contributed by atoms with Crippen molar-refractivity contribution in [3.8, 4) is 34.8 Å². The molecule has 0 saturated carbocycles. The number of aromatic nitrogens is 5. The molecule has 0 aliphatic heterocycles. The Bertz CT molecular complexity index is 1970. The zero-order valence-electron chi connectivity index (χ0n) is 25.5. The second kappa shape index (κ2) is 13.7. The molecule has 0 radical (unpaired) electrons. The van der Waals surface area contributed by atoms with Crippen LogP contribution in [-0.2, 0) is 19.7 Å². The molecular formula is C35H30BrN7O3. The van der Waals surface area contributed by atoms with E-state index in [0.29, 0.717) is 40.4 Å². The molecule has 3 aromatic heterocycles. The van der Waals surface area contributed by atoms with E-state index in [1.807, 2.05) is 91.9 Å². The molecule has 0 amide bonds. The third-order valence-electron chi connectivity index (χ3n) is 7.30. The third-order valence-corrected chi connectivity index (χ3v) is 8.03. The Morgan fingerprint density at radius 2 is 1.48 bits per heavy atom. The lowest BCUT2D eigenvalue weighted by atomic mass is 10.1. The van der Waals surface area contributed by atoms with Crippen LogP contribution in [0, 0.1) is 18.3 Å². The number of benzene rings is 3. The van der Waals surface area contributed by atoms with Gasteiger partial charge in [0.1, 0.15) is 18.1 Å². The maximum absolute atomic E-state index is 9.61. The molecule has 0 bridgehead atoms. The lowest BCUT2D eigenvalue weighted by Gasteiger charge is -2.25. The molecule has 0 N–H and O–H groups in total. The largest absolute Gasteiger partial charge is 0.497 e. The van der Waals surface area contributed by atoms with Crippen molar-refractivity contribution >= 4 is 27.5 Å². The minimum Gasteiger partial charge on any atom is -0.497 e. The summed E-state index contributed by atoms with van der Waals surface area (Å²) in [5.41, 5.74) is 6.18. The zero-order chi connectivity index (χ0) is 32.0. The first-order valence-corrected chi connectivity index (χ1v) is 15.3. The second-order valence-electron chi connectivity index (χ2n) is 10.5. The summed E-state index contributed by atoms with van der Waals surface area (Å²) in [7, 11) is 3.30. The van der Waals surface area contributed by atoms with Crippen molar-refractivity contribution in [2.75, 3.05) is 19.1 Å². The SMILES string of the molecule is COc1ccc(CN(Cc2ccc(OC)cc2)c2nc(-c3cccc(C#N)c3)c(Br)c3nc(OCc4cccc(C)n4)nn23)cc1. The topological polar surface area (TPSA) is 111 Å². The Hall–Kier alpha value is -5.47. The number of fused-ring (bicyclic) bond motifs is 1. The van der Waals surface area contributed by atoms with Gasteiger partial charge in [-0.2, -0.15) is 14.8 Å². The molecule has 3 heterocycles. The van der Waals surface area contributed by atoms with Crippen molar-refractivity contribution in [1.29, 1.82) is 5.26 Å². The number of anilines is 1. The standard InChI is InChI=1S/C35H30BrN7O3/c1-23-6-4-9-28(38-23)22-46-34-40-33-31(36)32(27-8-5-7-26(18-27)19-37)39-35(43(33)41-34)42(20-24-10-14-29(44-2)15-11-24)21-25-12-16-30(45-3)17-13-25/h4-18H,20-22H2,1-3H3. The smallest absolute Gasteiger partial charge is 0.336 e. The highest BCUT2D eigenvalue weighted by molar-refractivity contribution is 9.10. The van der Waals surface area contributed by atoms with E-state index in [9.17, 15) is 5.26 Å². The normalized spacial score (nSPS) is 10.8. The molecule has 6 rings (SSSR count). The number of nitrogens with zero attached hydrogens (tertiary/aromatic N) is 7. The lowest BCUT2D eigenvalue weighted by molar-refractivity contribution is 0.277. The highest BCUT2D eigenvalue weighted by Crippen LogP contribution is 2.34. The maximum atomic E-state index is 9.61. The van der Waals surface area contributed by atoms with Crippen LogP contribution in [0.15, 0.2) is 95.5 Å². The number of aryl methyl sites for hydroxylation is 1. The van der Waals surface area contributed by atoms with Gasteiger partial charge in [0.25, 0.3) is 0 Å². The Morgan fingerprint density at radius 1 is 0.826 bits per heavy atom. The van der Waals surface area contributed by atoms with E-state index in [1.165, 1.54) is 0 Å². The van der Waals surface area contributed by atoms with Gasteiger partial charge >= 0.3 is 6.01 Å². The molecule has 11 heteroatoms. The summed E-state index contributed by atoms with van der Waals surface area (Å²) in [5, 5.41) is 14.4. The van der Waals surface area contributed by atoms with Gasteiger partial charge in [-0.1, -0.05) is 42.5 Å². The molecule has 0 unspecified atom stereocenters. The van der Waals surface area contributed by atoms with Crippen LogP contribution >= 0.6 is 15.9 Å². The van der Waals surface area contributed by atoms with Gasteiger partial charge in [0.2, 0.25) is 5.95 Å². The number of hydrogen-bond donors (Lipinski definition) is 0. The number of halogens is 1. The first kappa shape index (κ1) is 30.6. The molecule has 0 aliphatic rings. The summed E-state index contributed by atoms with van der Waals surface area (Å²) >= 11 is 3.75. The summed E-state index contributed by atoms with van der Waals surface area (Å²) in [6.45, 7) is 3.14. The van der Waals surface area contributed by atoms with Crippen molar-refractivity contribution in [1.82, 2.24) is 24.6 Å². The molecular weight excluding hydrogens is 646 g/mol. The number of hydrogen-bond acceptors (Lipinski definition) is 9. The van der Waals surface area contributed by atoms with Crippen LogP contribution in [0.5, 0.6) is 17.5 Å². The molecule has 3 aromatic carbocycles. The fraction of sp³-hybridized carbons (Fsp3) is 0.171. The van der Waals surface area contributed by atoms with E-state index in [-0.39, 0.29) is 12.6 Å². The quantitative estimate of drug-likeness (QED) is 0.144. The fourth-order valence-corrected chi connectivity index (χ4v) is 5.56. The van der Waals surface area contributed by atoms with Gasteiger partial charge in [-0.25, -0.2) is 4.98 Å². The van der Waals surface area contributed by atoms with Gasteiger partial charge in [-0.05, 0) is 82.5 Å². The summed E-state index contributed by atoms with van der Waals surface area (Å²) in [6, 6.07) is 31.4. The Kier molecular flexibility index (Phi) is 9.08. The molecule has 0 atom stereocenters. The average Bonchev–Trinajstić information content (AvgIpc) is 3.53. The summed E-state index contributed by atoms with van der Waals surface area (Å²) < 4.78 is 19.1. The fourth-order valence-electron chi connectivity index (χ4n) is 4.99. The van der Waals surface area contributed by atoms with E-state index < -0.39 is 0 Å². The van der Waals surface area contributed by atoms with E-state index in [0.717, 1.165) is 39.6 Å². The van der Waals surface area contributed by atoms with Crippen LogP contribution < -0.4 is 19.1 Å². The number of nitriles is 1. The van der Waals surface area contributed by atoms with Crippen LogP contribution in [0.3, 0.4) is 0 Å². The molecule has 0 aliphatic carbocycles. The molecule has 6 aromatic rings. The monoisotopic (exact) mass is 675 g/mol. The van der Waals surface area contributed by atoms with Gasteiger partial charge in [0, 0.05) is 24.3 Å². The number of pyridine rings is 1. The van der Waals surface area contributed by atoms with Gasteiger partial charge in [0.05, 0.1) is 41.7 Å². The van der Waals surface area contributed by atoms with Crippen LogP contribution in [0.1, 0.15) is 28.1 Å². The van der Waals surface area contributed by atoms with Crippen LogP contribution in [-0.4, -0.2) is 38.8 Å². The van der Waals surface area contributed by atoms with Crippen molar-refractivity contribution in [3.63, 3.8) is 0 Å². The van der Waals surface area contributed by atoms with Crippen LogP contribution in [0.2, 0.25) is 0 Å². The average molecular weight is 677 g/mol. The van der Waals surface area contributed by atoms with Crippen LogP contribution in [0.25, 0.3) is 16.9 Å². The summed E-state index contributed by atoms with van der Waals surface area (Å²) in [5.74, 6) is 2.09. The highest BCUT2D eigenvalue weighted by atomic mass is 79.9. The number of methoxy groups -OCH3 is 2. The summed E-state index contributed by atoms with van der Waals surface area (Å²) in [6.07, 6.45) is 0. The van der Waals surface area contributed by atoms with Crippen molar-refractivity contribution in [2.24, 2.45) is 0 Å². The predicted molar refractivity (Wildman–Crippen MR) is 178 cm³/mol. The van der Waals surface area contributed by atoms with Crippen molar-refractivity contribution in [3.05, 3.63) is 124 Å². The zero-order valence-corrected chi connectivity index (χ0v) is 27.1. The second-order valence-corrected chi connectivity index (χ2v) is 11.3. The molecule has 0 saturated heterocycles. The molecule has 0 spiro atoms. The number of rotatable bonds is 11. The van der Waals surface area contributed by atoms with Gasteiger partial charge < -0.3 is 19.1 Å². The minimum absolute atomic E-state index is 0.184. The predicted octanol–water partition coefficient (Wildman–Crippen LogP) is 6.93. The first-order valence-electron chi connectivity index (χ1n) is 14.5. The van der Waals surface area contributed by atoms with Gasteiger partial charge in [-0.3, -0.25) is 4.98 Å². The molecule has 0 fully saturated rings. The minimum atomic E-state index is 0.184. The van der Waals surface area contributed by atoms with Gasteiger partial charge in [0.15, 0.2) is 5.65 Å². The highest BCUT2D eigenvalue weighted by Gasteiger charge is 2.23. The Balaban J connectivity index is 1.48. The Labute approximate surface area is 275 Å². The number of ether oxygens (including phenoxy) is 3. The first-order chi connectivity index (χ1) is 22.4. The maximum Gasteiger partial charge on any atom is 0.336 e. The molecule has 230 valence electrons. The summed E-state index contributed by atoms with van der Waals surface area (Å²) in [4.78, 5) is 16.6. The van der Waals surface area contributed by atoms with E-state index in [1.54, 1.807) is 24.8 Å². The Morgan fingerprint density at radius 3 is 2.09 bits per heavy atom. The molecule has 10 nitrogen and oxygen atoms in total. The third kappa shape index (κ3) is 6.77.